The number of nitrogens with one attached hydrogen (secondary N) is 1. The van der Waals surface area contributed by atoms with E-state index in [0.29, 0.717) is 30.0 Å². The number of nitro benzene ring substituents is 1. The Kier molecular flexibility index (Phi) is 6.13. The Morgan fingerprint density at radius 1 is 1.31 bits per heavy atom. The zero-order chi connectivity index (χ0) is 19.4. The number of carbonyl (C=O) groups is 1. The minimum Gasteiger partial charge on any atom is -0.326 e. The van der Waals surface area contributed by atoms with Gasteiger partial charge < -0.3 is 5.32 Å². The first-order chi connectivity index (χ1) is 12.2. The van der Waals surface area contributed by atoms with E-state index >= 15 is 0 Å². The number of amides is 1. The maximum absolute atomic E-state index is 12.3. The van der Waals surface area contributed by atoms with Crippen LogP contribution in [0.5, 0.6) is 0 Å². The average molecular weight is 358 g/mol. The van der Waals surface area contributed by atoms with Gasteiger partial charge in [0.05, 0.1) is 21.9 Å². The highest BCUT2D eigenvalue weighted by atomic mass is 16.6. The van der Waals surface area contributed by atoms with Crippen LogP contribution in [0.4, 0.5) is 11.4 Å². The van der Waals surface area contributed by atoms with Gasteiger partial charge in [-0.2, -0.15) is 5.10 Å². The van der Waals surface area contributed by atoms with E-state index in [1.165, 1.54) is 6.07 Å². The molecule has 0 aliphatic carbocycles. The number of benzene rings is 1. The first kappa shape index (κ1) is 19.6. The Hall–Kier alpha value is -2.70. The fraction of sp³-hybridized carbons (Fsp3) is 0.474. The Balaban J connectivity index is 2.05. The molecule has 0 aliphatic heterocycles. The molecule has 1 heterocycles. The van der Waals surface area contributed by atoms with E-state index in [9.17, 15) is 14.9 Å². The Morgan fingerprint density at radius 2 is 2.00 bits per heavy atom. The fourth-order valence-electron chi connectivity index (χ4n) is 3.03. The average Bonchev–Trinajstić information content (AvgIpc) is 2.80. The molecule has 0 radical (unpaired) electrons. The van der Waals surface area contributed by atoms with E-state index < -0.39 is 4.92 Å². The molecular weight excluding hydrogens is 332 g/mol. The predicted molar refractivity (Wildman–Crippen MR) is 101 cm³/mol. The van der Waals surface area contributed by atoms with Crippen molar-refractivity contribution in [3.63, 3.8) is 0 Å². The lowest BCUT2D eigenvalue weighted by molar-refractivity contribution is -0.385. The number of rotatable bonds is 7. The highest BCUT2D eigenvalue weighted by Crippen LogP contribution is 2.25. The molecule has 0 aliphatic rings. The van der Waals surface area contributed by atoms with Gasteiger partial charge in [-0.1, -0.05) is 19.9 Å². The summed E-state index contributed by atoms with van der Waals surface area (Å²) in [6.07, 6.45) is 0.896. The van der Waals surface area contributed by atoms with Crippen molar-refractivity contribution >= 4 is 17.3 Å². The topological polar surface area (TPSA) is 90.1 Å². The van der Waals surface area contributed by atoms with Crippen LogP contribution in [0, 0.1) is 36.8 Å². The van der Waals surface area contributed by atoms with Crippen molar-refractivity contribution < 1.29 is 9.72 Å². The summed E-state index contributed by atoms with van der Waals surface area (Å²) in [5, 5.41) is 18.4. The van der Waals surface area contributed by atoms with Crippen LogP contribution in [0.1, 0.15) is 42.8 Å². The Labute approximate surface area is 153 Å². The maximum Gasteiger partial charge on any atom is 0.274 e. The van der Waals surface area contributed by atoms with E-state index in [-0.39, 0.29) is 11.6 Å². The third-order valence-electron chi connectivity index (χ3n) is 4.45. The van der Waals surface area contributed by atoms with Gasteiger partial charge in [-0.25, -0.2) is 0 Å². The van der Waals surface area contributed by atoms with Crippen molar-refractivity contribution in [3.8, 4) is 0 Å². The molecule has 0 saturated heterocycles. The molecule has 1 N–H and O–H groups in total. The quantitative estimate of drug-likeness (QED) is 0.599. The molecular formula is C19H26N4O3. The highest BCUT2D eigenvalue weighted by Gasteiger charge is 2.16. The number of nitro groups is 1. The monoisotopic (exact) mass is 358 g/mol. The lowest BCUT2D eigenvalue weighted by Gasteiger charge is -2.09. The second kappa shape index (κ2) is 8.12. The Morgan fingerprint density at radius 3 is 2.62 bits per heavy atom. The van der Waals surface area contributed by atoms with E-state index in [1.54, 1.807) is 19.1 Å². The zero-order valence-electron chi connectivity index (χ0n) is 16.0. The number of carbonyl (C=O) groups excluding carboxylic acids is 1. The highest BCUT2D eigenvalue weighted by molar-refractivity contribution is 5.92. The standard InChI is InChI=1S/C19H26N4O3/c1-12(2)11-22-15(5)16(14(4)21-22)9-10-19(24)20-17-7-6-8-18(13(17)3)23(25)26/h6-8,12H,9-11H2,1-5H3,(H,20,24). The van der Waals surface area contributed by atoms with Crippen LogP contribution < -0.4 is 5.32 Å². The molecule has 2 aromatic rings. The molecule has 1 aromatic carbocycles. The van der Waals surface area contributed by atoms with Gasteiger partial charge in [-0.05, 0) is 44.7 Å². The van der Waals surface area contributed by atoms with Gasteiger partial charge in [0, 0.05) is 24.7 Å². The zero-order valence-corrected chi connectivity index (χ0v) is 16.0. The molecule has 0 saturated carbocycles. The van der Waals surface area contributed by atoms with Gasteiger partial charge >= 0.3 is 0 Å². The van der Waals surface area contributed by atoms with Crippen molar-refractivity contribution in [1.82, 2.24) is 9.78 Å². The number of hydrogen-bond donors (Lipinski definition) is 1. The summed E-state index contributed by atoms with van der Waals surface area (Å²) in [5.41, 5.74) is 4.08. The van der Waals surface area contributed by atoms with E-state index in [4.69, 9.17) is 0 Å². The van der Waals surface area contributed by atoms with Crippen molar-refractivity contribution in [2.24, 2.45) is 5.92 Å². The lowest BCUT2D eigenvalue weighted by atomic mass is 10.1. The third-order valence-corrected chi connectivity index (χ3v) is 4.45. The first-order valence-corrected chi connectivity index (χ1v) is 8.77. The third kappa shape index (κ3) is 4.47. The second-order valence-corrected chi connectivity index (χ2v) is 6.98. The molecule has 2 rings (SSSR count). The number of nitrogens with zero attached hydrogens (tertiary/aromatic N) is 3. The van der Waals surface area contributed by atoms with Gasteiger partial charge in [-0.15, -0.1) is 0 Å². The molecule has 0 spiro atoms. The van der Waals surface area contributed by atoms with Gasteiger partial charge in [0.25, 0.3) is 5.69 Å². The number of aryl methyl sites for hydroxylation is 1. The van der Waals surface area contributed by atoms with Crippen LogP contribution in [0.3, 0.4) is 0 Å². The van der Waals surface area contributed by atoms with Gasteiger partial charge in [0.15, 0.2) is 0 Å². The molecule has 0 bridgehead atoms. The van der Waals surface area contributed by atoms with Crippen LogP contribution in [0.25, 0.3) is 0 Å². The molecule has 7 heteroatoms. The maximum atomic E-state index is 12.3. The summed E-state index contributed by atoms with van der Waals surface area (Å²) >= 11 is 0. The summed E-state index contributed by atoms with van der Waals surface area (Å²) in [7, 11) is 0. The summed E-state index contributed by atoms with van der Waals surface area (Å²) < 4.78 is 2.00. The van der Waals surface area contributed by atoms with Crippen LogP contribution in [-0.4, -0.2) is 20.6 Å². The van der Waals surface area contributed by atoms with E-state index in [1.807, 2.05) is 18.5 Å². The molecule has 0 fully saturated rings. The number of aromatic nitrogens is 2. The predicted octanol–water partition coefficient (Wildman–Crippen LogP) is 3.94. The minimum absolute atomic E-state index is 0.00412. The molecule has 0 atom stereocenters. The van der Waals surface area contributed by atoms with Crippen LogP contribution in [0.15, 0.2) is 18.2 Å². The second-order valence-electron chi connectivity index (χ2n) is 6.98. The molecule has 1 amide bonds. The van der Waals surface area contributed by atoms with Gasteiger partial charge in [-0.3, -0.25) is 19.6 Å². The van der Waals surface area contributed by atoms with Crippen LogP contribution >= 0.6 is 0 Å². The minimum atomic E-state index is -0.444. The van der Waals surface area contributed by atoms with E-state index in [2.05, 4.69) is 24.3 Å². The summed E-state index contributed by atoms with van der Waals surface area (Å²) in [6, 6.07) is 4.68. The summed E-state index contributed by atoms with van der Waals surface area (Å²) in [6.45, 7) is 10.8. The molecule has 140 valence electrons. The van der Waals surface area contributed by atoms with Gasteiger partial charge in [0.2, 0.25) is 5.91 Å². The molecule has 26 heavy (non-hydrogen) atoms. The van der Waals surface area contributed by atoms with Crippen LogP contribution in [-0.2, 0) is 17.8 Å². The fourth-order valence-corrected chi connectivity index (χ4v) is 3.03. The molecule has 1 aromatic heterocycles. The smallest absolute Gasteiger partial charge is 0.274 e. The number of hydrogen-bond acceptors (Lipinski definition) is 4. The summed E-state index contributed by atoms with van der Waals surface area (Å²) in [4.78, 5) is 22.9. The van der Waals surface area contributed by atoms with E-state index in [0.717, 1.165) is 23.5 Å². The molecule has 0 unspecified atom stereocenters. The number of anilines is 1. The molecule has 7 nitrogen and oxygen atoms in total. The summed E-state index contributed by atoms with van der Waals surface area (Å²) in [5.74, 6) is 0.338. The van der Waals surface area contributed by atoms with Crippen molar-refractivity contribution in [2.75, 3.05) is 5.32 Å². The van der Waals surface area contributed by atoms with Gasteiger partial charge in [0.1, 0.15) is 0 Å². The lowest BCUT2D eigenvalue weighted by Crippen LogP contribution is -2.14. The van der Waals surface area contributed by atoms with Crippen molar-refractivity contribution in [1.29, 1.82) is 0 Å². The van der Waals surface area contributed by atoms with Crippen molar-refractivity contribution in [3.05, 3.63) is 50.8 Å². The normalized spacial score (nSPS) is 11.0. The van der Waals surface area contributed by atoms with Crippen molar-refractivity contribution in [2.45, 2.75) is 54.0 Å². The SMILES string of the molecule is Cc1nn(CC(C)C)c(C)c1CCC(=O)Nc1cccc([N+](=O)[O-])c1C. The Bertz CT molecular complexity index is 824. The van der Waals surface area contributed by atoms with Crippen LogP contribution in [0.2, 0.25) is 0 Å². The largest absolute Gasteiger partial charge is 0.326 e. The first-order valence-electron chi connectivity index (χ1n) is 8.77.